The molecule has 0 atom stereocenters. The zero-order valence-electron chi connectivity index (χ0n) is 14.7. The quantitative estimate of drug-likeness (QED) is 0.769. The van der Waals surface area contributed by atoms with Crippen molar-refractivity contribution in [3.63, 3.8) is 0 Å². The summed E-state index contributed by atoms with van der Waals surface area (Å²) in [5.41, 5.74) is 0.295. The van der Waals surface area contributed by atoms with Gasteiger partial charge in [-0.25, -0.2) is 9.78 Å². The molecule has 0 N–H and O–H groups in total. The molecule has 2 amide bonds. The molecule has 1 aliphatic rings. The molecule has 0 aromatic carbocycles. The molecule has 7 heteroatoms. The first-order valence-corrected chi connectivity index (χ1v) is 8.99. The van der Waals surface area contributed by atoms with E-state index in [1.54, 1.807) is 33.3 Å². The van der Waals surface area contributed by atoms with E-state index in [9.17, 15) is 9.59 Å². The van der Waals surface area contributed by atoms with Crippen molar-refractivity contribution in [1.82, 2.24) is 14.8 Å². The minimum atomic E-state index is -0.507. The van der Waals surface area contributed by atoms with Gasteiger partial charge in [-0.2, -0.15) is 0 Å². The van der Waals surface area contributed by atoms with Crippen LogP contribution in [-0.2, 0) is 9.53 Å². The Morgan fingerprint density at radius 2 is 1.88 bits per heavy atom. The summed E-state index contributed by atoms with van der Waals surface area (Å²) >= 11 is 1.56. The lowest BCUT2D eigenvalue weighted by molar-refractivity contribution is -0.125. The monoisotopic (exact) mass is 351 g/mol. The van der Waals surface area contributed by atoms with Crippen molar-refractivity contribution < 1.29 is 14.3 Å². The van der Waals surface area contributed by atoms with E-state index in [1.165, 1.54) is 0 Å². The van der Waals surface area contributed by atoms with Gasteiger partial charge in [0.25, 0.3) is 0 Å². The average Bonchev–Trinajstić information content (AvgIpc) is 2.74. The molecule has 6 nitrogen and oxygen atoms in total. The molecule has 24 heavy (non-hydrogen) atoms. The van der Waals surface area contributed by atoms with Crippen LogP contribution in [0.15, 0.2) is 11.5 Å². The van der Waals surface area contributed by atoms with Gasteiger partial charge in [-0.05, 0) is 40.2 Å². The average molecular weight is 351 g/mol. The van der Waals surface area contributed by atoms with Crippen molar-refractivity contribution in [2.45, 2.75) is 39.7 Å². The molecule has 1 aromatic rings. The van der Waals surface area contributed by atoms with Crippen LogP contribution in [0.3, 0.4) is 0 Å². The van der Waals surface area contributed by atoms with E-state index in [2.05, 4.69) is 4.98 Å². The lowest BCUT2D eigenvalue weighted by Gasteiger charge is -2.26. The van der Waals surface area contributed by atoms with Crippen LogP contribution in [0.5, 0.6) is 0 Å². The summed E-state index contributed by atoms with van der Waals surface area (Å²) in [5.74, 6) is -0.0494. The first-order chi connectivity index (χ1) is 11.2. The number of aromatic nitrogens is 1. The van der Waals surface area contributed by atoms with Crippen molar-refractivity contribution >= 4 is 29.4 Å². The Balaban J connectivity index is 1.89. The predicted molar refractivity (Wildman–Crippen MR) is 94.9 cm³/mol. The van der Waals surface area contributed by atoms with E-state index in [0.717, 1.165) is 17.1 Å². The molecule has 0 aliphatic carbocycles. The van der Waals surface area contributed by atoms with Gasteiger partial charge in [0.2, 0.25) is 5.91 Å². The molecule has 1 aliphatic heterocycles. The molecule has 1 aromatic heterocycles. The van der Waals surface area contributed by atoms with E-state index in [1.807, 2.05) is 33.1 Å². The topological polar surface area (TPSA) is 62.7 Å². The maximum Gasteiger partial charge on any atom is 0.410 e. The zero-order chi connectivity index (χ0) is 17.7. The molecular formula is C17H25N3O3S. The summed E-state index contributed by atoms with van der Waals surface area (Å²) in [7, 11) is 0. The number of aryl methyl sites for hydroxylation is 1. The van der Waals surface area contributed by atoms with Gasteiger partial charge in [0.1, 0.15) is 5.60 Å². The van der Waals surface area contributed by atoms with Crippen LogP contribution in [0.4, 0.5) is 4.79 Å². The molecule has 0 saturated carbocycles. The van der Waals surface area contributed by atoms with Crippen molar-refractivity contribution in [2.75, 3.05) is 26.2 Å². The maximum atomic E-state index is 12.3. The van der Waals surface area contributed by atoms with Gasteiger partial charge in [0, 0.05) is 37.6 Å². The Morgan fingerprint density at radius 3 is 2.50 bits per heavy atom. The van der Waals surface area contributed by atoms with Crippen LogP contribution in [0.25, 0.3) is 6.08 Å². The van der Waals surface area contributed by atoms with E-state index in [-0.39, 0.29) is 12.0 Å². The SMILES string of the molecule is Cc1nc(C=CC(=O)N2CCCN(C(=O)OC(C)(C)C)CC2)cs1. The lowest BCUT2D eigenvalue weighted by Crippen LogP contribution is -2.39. The summed E-state index contributed by atoms with van der Waals surface area (Å²) in [6, 6.07) is 0. The lowest BCUT2D eigenvalue weighted by atomic mass is 10.2. The minimum Gasteiger partial charge on any atom is -0.444 e. The van der Waals surface area contributed by atoms with Gasteiger partial charge in [0.15, 0.2) is 0 Å². The highest BCUT2D eigenvalue weighted by molar-refractivity contribution is 7.09. The second-order valence-electron chi connectivity index (χ2n) is 6.77. The fourth-order valence-corrected chi connectivity index (χ4v) is 2.95. The van der Waals surface area contributed by atoms with E-state index < -0.39 is 5.60 Å². The minimum absolute atomic E-state index is 0.0494. The molecule has 132 valence electrons. The summed E-state index contributed by atoms with van der Waals surface area (Å²) in [4.78, 5) is 32.2. The maximum absolute atomic E-state index is 12.3. The highest BCUT2D eigenvalue weighted by Gasteiger charge is 2.25. The van der Waals surface area contributed by atoms with Crippen molar-refractivity contribution in [1.29, 1.82) is 0 Å². The Hall–Kier alpha value is -1.89. The number of thiazole rings is 1. The molecular weight excluding hydrogens is 326 g/mol. The third-order valence-electron chi connectivity index (χ3n) is 3.49. The normalized spacial score (nSPS) is 16.3. The first-order valence-electron chi connectivity index (χ1n) is 8.12. The molecule has 0 unspecified atom stereocenters. The number of nitrogens with zero attached hydrogens (tertiary/aromatic N) is 3. The van der Waals surface area contributed by atoms with Crippen molar-refractivity contribution in [2.24, 2.45) is 0 Å². The van der Waals surface area contributed by atoms with Gasteiger partial charge in [-0.3, -0.25) is 4.79 Å². The predicted octanol–water partition coefficient (Wildman–Crippen LogP) is 2.93. The standard InChI is InChI=1S/C17H25N3O3S/c1-13-18-14(12-24-13)6-7-15(21)19-8-5-9-20(11-10-19)16(22)23-17(2,3)4/h6-7,12H,5,8-11H2,1-4H3. The number of hydrogen-bond acceptors (Lipinski definition) is 5. The fourth-order valence-electron chi connectivity index (χ4n) is 2.37. The molecule has 1 saturated heterocycles. The molecule has 1 fully saturated rings. The van der Waals surface area contributed by atoms with Gasteiger partial charge in [0.05, 0.1) is 10.7 Å². The summed E-state index contributed by atoms with van der Waals surface area (Å²) in [6.07, 6.45) is 3.72. The molecule has 0 spiro atoms. The Kier molecular flexibility index (Phi) is 5.99. The summed E-state index contributed by atoms with van der Waals surface area (Å²) in [5, 5.41) is 2.90. The fraction of sp³-hybridized carbons (Fsp3) is 0.588. The van der Waals surface area contributed by atoms with Gasteiger partial charge in [-0.1, -0.05) is 0 Å². The van der Waals surface area contributed by atoms with Crippen LogP contribution in [0, 0.1) is 6.92 Å². The van der Waals surface area contributed by atoms with Crippen LogP contribution in [0.1, 0.15) is 37.9 Å². The highest BCUT2D eigenvalue weighted by atomic mass is 32.1. The third-order valence-corrected chi connectivity index (χ3v) is 4.28. The van der Waals surface area contributed by atoms with E-state index in [4.69, 9.17) is 4.74 Å². The molecule has 2 heterocycles. The van der Waals surface area contributed by atoms with Crippen LogP contribution in [0.2, 0.25) is 0 Å². The van der Waals surface area contributed by atoms with E-state index in [0.29, 0.717) is 26.2 Å². The number of rotatable bonds is 2. The number of carbonyl (C=O) groups excluding carboxylic acids is 2. The smallest absolute Gasteiger partial charge is 0.410 e. The zero-order valence-corrected chi connectivity index (χ0v) is 15.6. The number of ether oxygens (including phenoxy) is 1. The summed E-state index contributed by atoms with van der Waals surface area (Å²) in [6.45, 7) is 9.73. The summed E-state index contributed by atoms with van der Waals surface area (Å²) < 4.78 is 5.40. The van der Waals surface area contributed by atoms with Gasteiger partial charge < -0.3 is 14.5 Å². The molecule has 0 bridgehead atoms. The number of carbonyl (C=O) groups is 2. The van der Waals surface area contributed by atoms with Crippen LogP contribution < -0.4 is 0 Å². The van der Waals surface area contributed by atoms with Crippen molar-refractivity contribution in [3.05, 3.63) is 22.2 Å². The van der Waals surface area contributed by atoms with Crippen LogP contribution in [-0.4, -0.2) is 58.6 Å². The largest absolute Gasteiger partial charge is 0.444 e. The molecule has 2 rings (SSSR count). The third kappa shape index (κ3) is 5.63. The first kappa shape index (κ1) is 18.4. The van der Waals surface area contributed by atoms with E-state index >= 15 is 0 Å². The molecule has 0 radical (unpaired) electrons. The highest BCUT2D eigenvalue weighted by Crippen LogP contribution is 2.13. The van der Waals surface area contributed by atoms with Gasteiger partial charge >= 0.3 is 6.09 Å². The second kappa shape index (κ2) is 7.79. The Morgan fingerprint density at radius 1 is 1.21 bits per heavy atom. The Bertz CT molecular complexity index is 619. The Labute approximate surface area is 147 Å². The van der Waals surface area contributed by atoms with Crippen LogP contribution >= 0.6 is 11.3 Å². The number of amides is 2. The second-order valence-corrected chi connectivity index (χ2v) is 7.83. The van der Waals surface area contributed by atoms with Gasteiger partial charge in [-0.15, -0.1) is 11.3 Å². The number of hydrogen-bond donors (Lipinski definition) is 0. The van der Waals surface area contributed by atoms with Crippen molar-refractivity contribution in [3.8, 4) is 0 Å².